The van der Waals surface area contributed by atoms with E-state index in [0.717, 1.165) is 11.3 Å². The van der Waals surface area contributed by atoms with Crippen molar-refractivity contribution in [2.75, 3.05) is 5.32 Å². The molecule has 2 aromatic carbocycles. The van der Waals surface area contributed by atoms with E-state index in [1.54, 1.807) is 18.2 Å². The van der Waals surface area contributed by atoms with Crippen molar-refractivity contribution in [3.8, 4) is 11.3 Å². The first-order valence-corrected chi connectivity index (χ1v) is 7.21. The number of nitrogens with one attached hydrogen (secondary N) is 1. The van der Waals surface area contributed by atoms with E-state index in [1.807, 2.05) is 29.6 Å². The van der Waals surface area contributed by atoms with Crippen molar-refractivity contribution in [3.05, 3.63) is 64.8 Å². The van der Waals surface area contributed by atoms with Crippen LogP contribution in [0.15, 0.2) is 53.9 Å². The van der Waals surface area contributed by atoms with E-state index in [0.29, 0.717) is 15.8 Å². The number of hydrogen-bond acceptors (Lipinski definition) is 3. The Hall–Kier alpha value is -1.91. The van der Waals surface area contributed by atoms with Crippen LogP contribution in [0.4, 0.5) is 15.2 Å². The molecule has 3 aromatic rings. The Labute approximate surface area is 124 Å². The minimum absolute atomic E-state index is 0.296. The SMILES string of the molecule is Fc1ccccc1Nc1nc(-c2ccc(Cl)cc2)cs1. The molecule has 0 spiro atoms. The summed E-state index contributed by atoms with van der Waals surface area (Å²) in [5, 5.41) is 6.24. The topological polar surface area (TPSA) is 24.9 Å². The molecule has 1 heterocycles. The lowest BCUT2D eigenvalue weighted by Crippen LogP contribution is -1.92. The molecule has 3 rings (SSSR count). The lowest BCUT2D eigenvalue weighted by atomic mass is 10.2. The van der Waals surface area contributed by atoms with E-state index in [4.69, 9.17) is 11.6 Å². The Morgan fingerprint density at radius 1 is 1.05 bits per heavy atom. The van der Waals surface area contributed by atoms with Crippen molar-refractivity contribution in [1.82, 2.24) is 4.98 Å². The van der Waals surface area contributed by atoms with Crippen LogP contribution in [0.25, 0.3) is 11.3 Å². The van der Waals surface area contributed by atoms with Crippen LogP contribution in [0.5, 0.6) is 0 Å². The summed E-state index contributed by atoms with van der Waals surface area (Å²) >= 11 is 7.29. The largest absolute Gasteiger partial charge is 0.329 e. The second-order valence-corrected chi connectivity index (χ2v) is 5.44. The van der Waals surface area contributed by atoms with Gasteiger partial charge in [-0.1, -0.05) is 35.9 Å². The number of aromatic nitrogens is 1. The predicted molar refractivity (Wildman–Crippen MR) is 82.2 cm³/mol. The van der Waals surface area contributed by atoms with Crippen LogP contribution in [-0.4, -0.2) is 4.98 Å². The highest BCUT2D eigenvalue weighted by Crippen LogP contribution is 2.28. The number of benzene rings is 2. The van der Waals surface area contributed by atoms with Gasteiger partial charge in [0, 0.05) is 16.0 Å². The van der Waals surface area contributed by atoms with Gasteiger partial charge in [-0.15, -0.1) is 11.3 Å². The fourth-order valence-corrected chi connectivity index (χ4v) is 2.62. The van der Waals surface area contributed by atoms with Gasteiger partial charge in [-0.3, -0.25) is 0 Å². The molecule has 100 valence electrons. The summed E-state index contributed by atoms with van der Waals surface area (Å²) in [6.45, 7) is 0. The Morgan fingerprint density at radius 2 is 1.80 bits per heavy atom. The standard InChI is InChI=1S/C15H10ClFN2S/c16-11-7-5-10(6-8-11)14-9-20-15(19-14)18-13-4-2-1-3-12(13)17/h1-9H,(H,18,19). The molecule has 0 saturated carbocycles. The van der Waals surface area contributed by atoms with Crippen molar-refractivity contribution < 1.29 is 4.39 Å². The van der Waals surface area contributed by atoms with Gasteiger partial charge in [0.1, 0.15) is 5.82 Å². The average molecular weight is 305 g/mol. The van der Waals surface area contributed by atoms with Crippen molar-refractivity contribution >= 4 is 33.8 Å². The number of para-hydroxylation sites is 1. The van der Waals surface area contributed by atoms with Crippen molar-refractivity contribution in [2.24, 2.45) is 0 Å². The van der Waals surface area contributed by atoms with Crippen LogP contribution in [0, 0.1) is 5.82 Å². The molecule has 0 saturated heterocycles. The number of rotatable bonds is 3. The van der Waals surface area contributed by atoms with E-state index >= 15 is 0 Å². The second kappa shape index (κ2) is 5.61. The highest BCUT2D eigenvalue weighted by Gasteiger charge is 2.07. The minimum Gasteiger partial charge on any atom is -0.329 e. The Kier molecular flexibility index (Phi) is 3.67. The maximum absolute atomic E-state index is 13.5. The predicted octanol–water partition coefficient (Wildman–Crippen LogP) is 5.35. The number of halogens is 2. The third kappa shape index (κ3) is 2.81. The number of nitrogens with zero attached hydrogens (tertiary/aromatic N) is 1. The van der Waals surface area contributed by atoms with E-state index in [9.17, 15) is 4.39 Å². The van der Waals surface area contributed by atoms with Gasteiger partial charge in [-0.2, -0.15) is 0 Å². The molecule has 1 aromatic heterocycles. The van der Waals surface area contributed by atoms with Gasteiger partial charge in [0.05, 0.1) is 11.4 Å². The maximum atomic E-state index is 13.5. The van der Waals surface area contributed by atoms with Crippen molar-refractivity contribution in [1.29, 1.82) is 0 Å². The highest BCUT2D eigenvalue weighted by molar-refractivity contribution is 7.14. The Balaban J connectivity index is 1.84. The molecule has 20 heavy (non-hydrogen) atoms. The van der Waals surface area contributed by atoms with Crippen molar-refractivity contribution in [2.45, 2.75) is 0 Å². The summed E-state index contributed by atoms with van der Waals surface area (Å²) < 4.78 is 13.5. The third-order valence-corrected chi connectivity index (χ3v) is 3.77. The normalized spacial score (nSPS) is 10.5. The summed E-state index contributed by atoms with van der Waals surface area (Å²) in [6, 6.07) is 14.0. The molecular formula is C15H10ClFN2S. The zero-order chi connectivity index (χ0) is 13.9. The number of anilines is 2. The summed E-state index contributed by atoms with van der Waals surface area (Å²) in [5.41, 5.74) is 2.24. The van der Waals surface area contributed by atoms with Gasteiger partial charge in [-0.05, 0) is 24.3 Å². The number of hydrogen-bond donors (Lipinski definition) is 1. The molecule has 0 aliphatic rings. The van der Waals surface area contributed by atoms with E-state index in [1.165, 1.54) is 17.4 Å². The van der Waals surface area contributed by atoms with E-state index in [-0.39, 0.29) is 5.82 Å². The zero-order valence-electron chi connectivity index (χ0n) is 10.3. The first-order chi connectivity index (χ1) is 9.72. The first-order valence-electron chi connectivity index (χ1n) is 5.95. The molecule has 1 N–H and O–H groups in total. The van der Waals surface area contributed by atoms with E-state index < -0.39 is 0 Å². The summed E-state index contributed by atoms with van der Waals surface area (Å²) in [4.78, 5) is 4.44. The lowest BCUT2D eigenvalue weighted by molar-refractivity contribution is 0.632. The quantitative estimate of drug-likeness (QED) is 0.706. The Bertz CT molecular complexity index is 725. The van der Waals surface area contributed by atoms with Crippen LogP contribution in [0.2, 0.25) is 5.02 Å². The molecular weight excluding hydrogens is 295 g/mol. The summed E-state index contributed by atoms with van der Waals surface area (Å²) in [7, 11) is 0. The van der Waals surface area contributed by atoms with Crippen LogP contribution in [0.1, 0.15) is 0 Å². The fourth-order valence-electron chi connectivity index (χ4n) is 1.76. The summed E-state index contributed by atoms with van der Waals surface area (Å²) in [6.07, 6.45) is 0. The average Bonchev–Trinajstić information content (AvgIpc) is 2.91. The van der Waals surface area contributed by atoms with Crippen LogP contribution in [0.3, 0.4) is 0 Å². The van der Waals surface area contributed by atoms with Gasteiger partial charge in [-0.25, -0.2) is 9.37 Å². The molecule has 0 bridgehead atoms. The van der Waals surface area contributed by atoms with Gasteiger partial charge in [0.15, 0.2) is 5.13 Å². The van der Waals surface area contributed by atoms with Crippen LogP contribution >= 0.6 is 22.9 Å². The smallest absolute Gasteiger partial charge is 0.187 e. The molecule has 0 unspecified atom stereocenters. The molecule has 0 fully saturated rings. The maximum Gasteiger partial charge on any atom is 0.187 e. The first kappa shape index (κ1) is 13.1. The Morgan fingerprint density at radius 3 is 2.55 bits per heavy atom. The fraction of sp³-hybridized carbons (Fsp3) is 0. The molecule has 0 amide bonds. The third-order valence-electron chi connectivity index (χ3n) is 2.76. The summed E-state index contributed by atoms with van der Waals surface area (Å²) in [5.74, 6) is -0.296. The molecule has 0 radical (unpaired) electrons. The second-order valence-electron chi connectivity index (χ2n) is 4.15. The molecule has 2 nitrogen and oxygen atoms in total. The number of thiazole rings is 1. The van der Waals surface area contributed by atoms with Crippen LogP contribution in [-0.2, 0) is 0 Å². The molecule has 0 atom stereocenters. The highest BCUT2D eigenvalue weighted by atomic mass is 35.5. The van der Waals surface area contributed by atoms with Gasteiger partial charge in [0.2, 0.25) is 0 Å². The van der Waals surface area contributed by atoms with E-state index in [2.05, 4.69) is 10.3 Å². The van der Waals surface area contributed by atoms with Gasteiger partial charge >= 0.3 is 0 Å². The monoisotopic (exact) mass is 304 g/mol. The van der Waals surface area contributed by atoms with Crippen molar-refractivity contribution in [3.63, 3.8) is 0 Å². The lowest BCUT2D eigenvalue weighted by Gasteiger charge is -2.03. The zero-order valence-corrected chi connectivity index (χ0v) is 11.9. The van der Waals surface area contributed by atoms with Crippen LogP contribution < -0.4 is 5.32 Å². The molecule has 0 aliphatic heterocycles. The van der Waals surface area contributed by atoms with Gasteiger partial charge < -0.3 is 5.32 Å². The minimum atomic E-state index is -0.296. The van der Waals surface area contributed by atoms with Gasteiger partial charge in [0.25, 0.3) is 0 Å². The molecule has 5 heteroatoms. The molecule has 0 aliphatic carbocycles.